The largest absolute Gasteiger partial charge is 0.478 e. The lowest BCUT2D eigenvalue weighted by atomic mass is 10.0. The number of benzene rings is 1. The van der Waals surface area contributed by atoms with Crippen molar-refractivity contribution in [2.75, 3.05) is 25.1 Å². The molecule has 110 valence electrons. The molecule has 20 heavy (non-hydrogen) atoms. The number of hydrogen-bond donors (Lipinski definition) is 3. The third-order valence-corrected chi connectivity index (χ3v) is 3.38. The molecule has 1 aromatic rings. The summed E-state index contributed by atoms with van der Waals surface area (Å²) in [5.74, 6) is -0.564. The van der Waals surface area contributed by atoms with Gasteiger partial charge in [0.25, 0.3) is 0 Å². The lowest BCUT2D eigenvalue weighted by molar-refractivity contribution is 0.0695. The Morgan fingerprint density at radius 2 is 1.85 bits per heavy atom. The van der Waals surface area contributed by atoms with E-state index in [0.29, 0.717) is 30.8 Å². The van der Waals surface area contributed by atoms with Crippen LogP contribution in [0.25, 0.3) is 0 Å². The van der Waals surface area contributed by atoms with Gasteiger partial charge in [-0.2, -0.15) is 0 Å². The van der Waals surface area contributed by atoms with Crippen molar-refractivity contribution in [3.8, 4) is 0 Å². The number of carbonyl (C=O) groups excluding carboxylic acids is 1. The zero-order valence-electron chi connectivity index (χ0n) is 11.2. The number of urea groups is 1. The van der Waals surface area contributed by atoms with E-state index in [2.05, 4.69) is 10.6 Å². The third-order valence-electron chi connectivity index (χ3n) is 2.60. The summed E-state index contributed by atoms with van der Waals surface area (Å²) >= 11 is 0. The molecule has 0 bridgehead atoms. The van der Waals surface area contributed by atoms with Crippen LogP contribution in [0.4, 0.5) is 4.79 Å². The van der Waals surface area contributed by atoms with E-state index in [1.165, 1.54) is 6.07 Å². The van der Waals surface area contributed by atoms with E-state index in [0.717, 1.165) is 0 Å². The molecule has 0 fully saturated rings. The summed E-state index contributed by atoms with van der Waals surface area (Å²) in [5, 5.41) is 14.2. The number of nitrogens with one attached hydrogen (secondary N) is 2. The number of amides is 2. The van der Waals surface area contributed by atoms with E-state index < -0.39 is 16.8 Å². The van der Waals surface area contributed by atoms with Gasteiger partial charge in [-0.3, -0.25) is 4.21 Å². The molecule has 1 unspecified atom stereocenters. The highest BCUT2D eigenvalue weighted by Crippen LogP contribution is 2.08. The predicted octanol–water partition coefficient (Wildman–Crippen LogP) is 0.605. The first-order chi connectivity index (χ1) is 9.50. The van der Waals surface area contributed by atoms with Gasteiger partial charge in [-0.25, -0.2) is 9.59 Å². The molecule has 0 aliphatic heterocycles. The van der Waals surface area contributed by atoms with Crippen LogP contribution in [-0.2, 0) is 17.2 Å². The molecular weight excluding hydrogens is 280 g/mol. The molecule has 2 amide bonds. The van der Waals surface area contributed by atoms with Gasteiger partial charge in [-0.1, -0.05) is 18.2 Å². The Bertz CT molecular complexity index is 505. The van der Waals surface area contributed by atoms with Crippen molar-refractivity contribution in [2.24, 2.45) is 0 Å². The van der Waals surface area contributed by atoms with Gasteiger partial charge in [-0.05, 0) is 18.1 Å². The smallest absolute Gasteiger partial charge is 0.335 e. The van der Waals surface area contributed by atoms with Gasteiger partial charge in [-0.15, -0.1) is 0 Å². The van der Waals surface area contributed by atoms with Crippen molar-refractivity contribution in [3.63, 3.8) is 0 Å². The Morgan fingerprint density at radius 3 is 2.50 bits per heavy atom. The fourth-order valence-electron chi connectivity index (χ4n) is 1.63. The van der Waals surface area contributed by atoms with Crippen LogP contribution < -0.4 is 10.6 Å². The first kappa shape index (κ1) is 16.2. The highest BCUT2D eigenvalue weighted by Gasteiger charge is 2.08. The fraction of sp³-hybridized carbons (Fsp3) is 0.385. The maximum absolute atomic E-state index is 11.4. The molecular formula is C13H18N2O4S. The first-order valence-electron chi connectivity index (χ1n) is 6.13. The maximum Gasteiger partial charge on any atom is 0.335 e. The zero-order valence-corrected chi connectivity index (χ0v) is 12.0. The molecule has 0 aliphatic carbocycles. The van der Waals surface area contributed by atoms with Gasteiger partial charge in [0.2, 0.25) is 0 Å². The van der Waals surface area contributed by atoms with Crippen molar-refractivity contribution in [3.05, 3.63) is 35.4 Å². The van der Waals surface area contributed by atoms with Gasteiger partial charge < -0.3 is 15.7 Å². The summed E-state index contributed by atoms with van der Waals surface area (Å²) < 4.78 is 10.8. The highest BCUT2D eigenvalue weighted by atomic mass is 32.2. The third kappa shape index (κ3) is 5.83. The monoisotopic (exact) mass is 298 g/mol. The summed E-state index contributed by atoms with van der Waals surface area (Å²) in [6, 6.07) is 6.34. The number of carboxylic acid groups (broad SMARTS) is 1. The van der Waals surface area contributed by atoms with E-state index in [-0.39, 0.29) is 11.6 Å². The van der Waals surface area contributed by atoms with Crippen LogP contribution in [0.15, 0.2) is 24.3 Å². The number of hydrogen-bond acceptors (Lipinski definition) is 3. The highest BCUT2D eigenvalue weighted by molar-refractivity contribution is 7.84. The van der Waals surface area contributed by atoms with Crippen molar-refractivity contribution in [1.82, 2.24) is 10.6 Å². The quantitative estimate of drug-likeness (QED) is 0.687. The van der Waals surface area contributed by atoms with Crippen LogP contribution >= 0.6 is 0 Å². The second-order valence-electron chi connectivity index (χ2n) is 4.17. The Labute approximate surface area is 120 Å². The standard InChI is InChI=1S/C13H18N2O4S/c1-20(19)9-8-15-13(18)14-7-6-10-4-2-3-5-11(10)12(16)17/h2-5H,6-9H2,1H3,(H,16,17)(H2,14,15,18). The minimum absolute atomic E-state index is 0.246. The normalized spacial score (nSPS) is 11.7. The number of rotatable bonds is 7. The van der Waals surface area contributed by atoms with Gasteiger partial charge in [0.1, 0.15) is 0 Å². The summed E-state index contributed by atoms with van der Waals surface area (Å²) in [6.07, 6.45) is 2.01. The molecule has 0 saturated heterocycles. The van der Waals surface area contributed by atoms with Gasteiger partial charge in [0.05, 0.1) is 5.56 Å². The average Bonchev–Trinajstić information content (AvgIpc) is 2.38. The van der Waals surface area contributed by atoms with Crippen LogP contribution in [0.5, 0.6) is 0 Å². The lowest BCUT2D eigenvalue weighted by Crippen LogP contribution is -2.38. The van der Waals surface area contributed by atoms with E-state index in [9.17, 15) is 13.8 Å². The number of carbonyl (C=O) groups is 2. The van der Waals surface area contributed by atoms with Crippen molar-refractivity contribution < 1.29 is 18.9 Å². The first-order valence-corrected chi connectivity index (χ1v) is 7.86. The minimum atomic E-state index is -0.976. The molecule has 1 rings (SSSR count). The molecule has 3 N–H and O–H groups in total. The minimum Gasteiger partial charge on any atom is -0.478 e. The molecule has 1 atom stereocenters. The summed E-state index contributed by atoms with van der Waals surface area (Å²) in [7, 11) is -0.934. The maximum atomic E-state index is 11.4. The average molecular weight is 298 g/mol. The number of aromatic carboxylic acids is 1. The molecule has 0 heterocycles. The topological polar surface area (TPSA) is 95.5 Å². The summed E-state index contributed by atoms with van der Waals surface area (Å²) in [6.45, 7) is 0.687. The second-order valence-corrected chi connectivity index (χ2v) is 5.73. The van der Waals surface area contributed by atoms with Gasteiger partial charge >= 0.3 is 12.0 Å². The van der Waals surface area contributed by atoms with Crippen molar-refractivity contribution >= 4 is 22.8 Å². The summed E-state index contributed by atoms with van der Waals surface area (Å²) in [4.78, 5) is 22.4. The molecule has 0 radical (unpaired) electrons. The SMILES string of the molecule is CS(=O)CCNC(=O)NCCc1ccccc1C(=O)O. The Morgan fingerprint density at radius 1 is 1.20 bits per heavy atom. The molecule has 6 nitrogen and oxygen atoms in total. The van der Waals surface area contributed by atoms with Crippen molar-refractivity contribution in [2.45, 2.75) is 6.42 Å². The molecule has 0 aromatic heterocycles. The summed E-state index contributed by atoms with van der Waals surface area (Å²) in [5.41, 5.74) is 0.922. The Balaban J connectivity index is 2.35. The molecule has 1 aromatic carbocycles. The molecule has 0 spiro atoms. The van der Waals surface area contributed by atoms with E-state index in [4.69, 9.17) is 5.11 Å². The second kappa shape index (κ2) is 8.31. The van der Waals surface area contributed by atoms with Crippen LogP contribution in [0.2, 0.25) is 0 Å². The Kier molecular flexibility index (Phi) is 6.72. The molecule has 0 aliphatic rings. The van der Waals surface area contributed by atoms with Crippen LogP contribution in [0.1, 0.15) is 15.9 Å². The van der Waals surface area contributed by atoms with Crippen LogP contribution in [0.3, 0.4) is 0 Å². The van der Waals surface area contributed by atoms with Crippen molar-refractivity contribution in [1.29, 1.82) is 0 Å². The Hall–Kier alpha value is -1.89. The molecule has 0 saturated carbocycles. The van der Waals surface area contributed by atoms with Gasteiger partial charge in [0, 0.05) is 35.9 Å². The van der Waals surface area contributed by atoms with Crippen LogP contribution in [-0.4, -0.2) is 46.4 Å². The molecule has 7 heteroatoms. The zero-order chi connectivity index (χ0) is 15.0. The number of carboxylic acids is 1. The van der Waals surface area contributed by atoms with E-state index in [1.807, 2.05) is 0 Å². The lowest BCUT2D eigenvalue weighted by Gasteiger charge is -2.08. The predicted molar refractivity (Wildman–Crippen MR) is 77.4 cm³/mol. The van der Waals surface area contributed by atoms with Gasteiger partial charge in [0.15, 0.2) is 0 Å². The van der Waals surface area contributed by atoms with Crippen LogP contribution in [0, 0.1) is 0 Å². The van der Waals surface area contributed by atoms with E-state index >= 15 is 0 Å². The fourth-order valence-corrected chi connectivity index (χ4v) is 2.02. The van der Waals surface area contributed by atoms with E-state index in [1.54, 1.807) is 24.5 Å².